The fourth-order valence-corrected chi connectivity index (χ4v) is 3.67. The van der Waals surface area contributed by atoms with E-state index in [0.29, 0.717) is 28.1 Å². The average Bonchev–Trinajstić information content (AvgIpc) is 2.36. The molecule has 0 saturated heterocycles. The Hall–Kier alpha value is -2.08. The van der Waals surface area contributed by atoms with Gasteiger partial charge < -0.3 is 5.73 Å². The minimum absolute atomic E-state index is 0.0712. The standard InChI is InChI=1S/C15H17FN2O2S/c1-9-4-5-12(16)8-14(9)21(19,20)18-15-10(2)6-13(17)7-11(15)3/h4-8,18H,17H2,1-3H3. The molecule has 3 N–H and O–H groups in total. The van der Waals surface area contributed by atoms with Gasteiger partial charge in [-0.15, -0.1) is 0 Å². The Balaban J connectivity index is 2.50. The molecule has 0 aliphatic rings. The summed E-state index contributed by atoms with van der Waals surface area (Å²) in [6.07, 6.45) is 0. The third-order valence-electron chi connectivity index (χ3n) is 3.23. The van der Waals surface area contributed by atoms with Crippen LogP contribution in [0, 0.1) is 26.6 Å². The molecule has 0 aliphatic carbocycles. The molecule has 0 spiro atoms. The monoisotopic (exact) mass is 308 g/mol. The molecule has 0 amide bonds. The third-order valence-corrected chi connectivity index (χ3v) is 4.72. The fraction of sp³-hybridized carbons (Fsp3) is 0.200. The Labute approximate surface area is 123 Å². The van der Waals surface area contributed by atoms with E-state index in [0.717, 1.165) is 6.07 Å². The maximum Gasteiger partial charge on any atom is 0.262 e. The van der Waals surface area contributed by atoms with Crippen LogP contribution >= 0.6 is 0 Å². The van der Waals surface area contributed by atoms with Crippen molar-refractivity contribution in [3.63, 3.8) is 0 Å². The SMILES string of the molecule is Cc1ccc(F)cc1S(=O)(=O)Nc1c(C)cc(N)cc1C. The van der Waals surface area contributed by atoms with Gasteiger partial charge in [0.05, 0.1) is 10.6 Å². The summed E-state index contributed by atoms with van der Waals surface area (Å²) in [5, 5.41) is 0. The molecule has 0 aromatic heterocycles. The second-order valence-electron chi connectivity index (χ2n) is 5.05. The van der Waals surface area contributed by atoms with E-state index < -0.39 is 15.8 Å². The predicted octanol–water partition coefficient (Wildman–Crippen LogP) is 3.13. The van der Waals surface area contributed by atoms with Crippen LogP contribution in [0.3, 0.4) is 0 Å². The van der Waals surface area contributed by atoms with Crippen molar-refractivity contribution < 1.29 is 12.8 Å². The number of anilines is 2. The van der Waals surface area contributed by atoms with Crippen molar-refractivity contribution in [1.82, 2.24) is 0 Å². The summed E-state index contributed by atoms with van der Waals surface area (Å²) in [7, 11) is -3.86. The molecule has 2 aromatic rings. The molecule has 2 aromatic carbocycles. The smallest absolute Gasteiger partial charge is 0.262 e. The maximum atomic E-state index is 13.3. The van der Waals surface area contributed by atoms with Crippen molar-refractivity contribution in [2.45, 2.75) is 25.7 Å². The number of benzene rings is 2. The van der Waals surface area contributed by atoms with Crippen LogP contribution in [-0.4, -0.2) is 8.42 Å². The zero-order valence-electron chi connectivity index (χ0n) is 12.1. The molecule has 0 radical (unpaired) electrons. The van der Waals surface area contributed by atoms with Crippen LogP contribution in [0.2, 0.25) is 0 Å². The number of rotatable bonds is 3. The van der Waals surface area contributed by atoms with Crippen molar-refractivity contribution >= 4 is 21.4 Å². The van der Waals surface area contributed by atoms with E-state index in [1.165, 1.54) is 12.1 Å². The van der Waals surface area contributed by atoms with Crippen LogP contribution < -0.4 is 10.5 Å². The predicted molar refractivity (Wildman–Crippen MR) is 82.3 cm³/mol. The van der Waals surface area contributed by atoms with Gasteiger partial charge in [0.25, 0.3) is 10.0 Å². The molecule has 0 aliphatic heterocycles. The highest BCUT2D eigenvalue weighted by Gasteiger charge is 2.19. The van der Waals surface area contributed by atoms with Crippen molar-refractivity contribution in [1.29, 1.82) is 0 Å². The molecule has 0 bridgehead atoms. The third kappa shape index (κ3) is 3.16. The Bertz CT molecular complexity index is 778. The number of nitrogens with two attached hydrogens (primary N) is 1. The molecular weight excluding hydrogens is 291 g/mol. The molecule has 2 rings (SSSR count). The molecule has 6 heteroatoms. The second kappa shape index (κ2) is 5.37. The van der Waals surface area contributed by atoms with E-state index in [4.69, 9.17) is 5.73 Å². The minimum atomic E-state index is -3.86. The number of sulfonamides is 1. The van der Waals surface area contributed by atoms with Gasteiger partial charge in [0, 0.05) is 5.69 Å². The van der Waals surface area contributed by atoms with Gasteiger partial charge >= 0.3 is 0 Å². The molecule has 0 heterocycles. The first-order valence-electron chi connectivity index (χ1n) is 6.36. The van der Waals surface area contributed by atoms with Gasteiger partial charge in [0.1, 0.15) is 5.82 Å². The molecule has 0 unspecified atom stereocenters. The Morgan fingerprint density at radius 3 is 2.14 bits per heavy atom. The minimum Gasteiger partial charge on any atom is -0.399 e. The number of nitrogen functional groups attached to an aromatic ring is 1. The quantitative estimate of drug-likeness (QED) is 0.856. The molecule has 0 atom stereocenters. The van der Waals surface area contributed by atoms with Gasteiger partial charge in [-0.25, -0.2) is 12.8 Å². The largest absolute Gasteiger partial charge is 0.399 e. The Morgan fingerprint density at radius 1 is 1.00 bits per heavy atom. The van der Waals surface area contributed by atoms with Crippen LogP contribution in [0.5, 0.6) is 0 Å². The molecule has 0 fully saturated rings. The number of nitrogens with one attached hydrogen (secondary N) is 1. The number of aryl methyl sites for hydroxylation is 3. The van der Waals surface area contributed by atoms with Crippen molar-refractivity contribution in [3.8, 4) is 0 Å². The lowest BCUT2D eigenvalue weighted by atomic mass is 10.1. The van der Waals surface area contributed by atoms with Gasteiger partial charge in [-0.2, -0.15) is 0 Å². The summed E-state index contributed by atoms with van der Waals surface area (Å²) in [5.41, 5.74) is 8.66. The lowest BCUT2D eigenvalue weighted by molar-refractivity contribution is 0.594. The summed E-state index contributed by atoms with van der Waals surface area (Å²) >= 11 is 0. The zero-order valence-corrected chi connectivity index (χ0v) is 12.9. The van der Waals surface area contributed by atoms with E-state index in [1.54, 1.807) is 32.9 Å². The van der Waals surface area contributed by atoms with Gasteiger partial charge in [0.2, 0.25) is 0 Å². The normalized spacial score (nSPS) is 11.4. The molecule has 0 saturated carbocycles. The van der Waals surface area contributed by atoms with Crippen LogP contribution in [0.1, 0.15) is 16.7 Å². The highest BCUT2D eigenvalue weighted by Crippen LogP contribution is 2.27. The van der Waals surface area contributed by atoms with Crippen molar-refractivity contribution in [3.05, 3.63) is 52.8 Å². The summed E-state index contributed by atoms with van der Waals surface area (Å²) in [5.74, 6) is -0.591. The maximum absolute atomic E-state index is 13.3. The van der Waals surface area contributed by atoms with Gasteiger partial charge in [-0.1, -0.05) is 6.07 Å². The Kier molecular flexibility index (Phi) is 3.91. The van der Waals surface area contributed by atoms with Crippen LogP contribution in [-0.2, 0) is 10.0 Å². The number of hydrogen-bond donors (Lipinski definition) is 2. The van der Waals surface area contributed by atoms with E-state index in [1.807, 2.05) is 0 Å². The van der Waals surface area contributed by atoms with Crippen molar-refractivity contribution in [2.75, 3.05) is 10.5 Å². The lowest BCUT2D eigenvalue weighted by Crippen LogP contribution is -2.16. The van der Waals surface area contributed by atoms with E-state index in [2.05, 4.69) is 4.72 Å². The van der Waals surface area contributed by atoms with Gasteiger partial charge in [-0.05, 0) is 61.7 Å². The fourth-order valence-electron chi connectivity index (χ4n) is 2.21. The lowest BCUT2D eigenvalue weighted by Gasteiger charge is -2.15. The summed E-state index contributed by atoms with van der Waals surface area (Å²) in [6, 6.07) is 7.05. The Morgan fingerprint density at radius 2 is 1.57 bits per heavy atom. The average molecular weight is 308 g/mol. The summed E-state index contributed by atoms with van der Waals surface area (Å²) in [4.78, 5) is -0.0712. The molecule has 21 heavy (non-hydrogen) atoms. The van der Waals surface area contributed by atoms with E-state index in [9.17, 15) is 12.8 Å². The summed E-state index contributed by atoms with van der Waals surface area (Å²) in [6.45, 7) is 5.15. The molecule has 4 nitrogen and oxygen atoms in total. The zero-order chi connectivity index (χ0) is 15.8. The van der Waals surface area contributed by atoms with Gasteiger partial charge in [-0.3, -0.25) is 4.72 Å². The van der Waals surface area contributed by atoms with Crippen LogP contribution in [0.4, 0.5) is 15.8 Å². The highest BCUT2D eigenvalue weighted by atomic mass is 32.2. The van der Waals surface area contributed by atoms with Crippen LogP contribution in [0.25, 0.3) is 0 Å². The summed E-state index contributed by atoms with van der Waals surface area (Å²) < 4.78 is 40.7. The highest BCUT2D eigenvalue weighted by molar-refractivity contribution is 7.92. The second-order valence-corrected chi connectivity index (χ2v) is 6.70. The first-order valence-corrected chi connectivity index (χ1v) is 7.85. The van der Waals surface area contributed by atoms with E-state index >= 15 is 0 Å². The topological polar surface area (TPSA) is 72.2 Å². The van der Waals surface area contributed by atoms with Gasteiger partial charge in [0.15, 0.2) is 0 Å². The van der Waals surface area contributed by atoms with Crippen LogP contribution in [0.15, 0.2) is 35.2 Å². The number of halogens is 1. The van der Waals surface area contributed by atoms with E-state index in [-0.39, 0.29) is 4.90 Å². The first-order chi connectivity index (χ1) is 9.70. The van der Waals surface area contributed by atoms with Crippen molar-refractivity contribution in [2.24, 2.45) is 0 Å². The molecule has 112 valence electrons. The first kappa shape index (κ1) is 15.3. The number of hydrogen-bond acceptors (Lipinski definition) is 3. The molecular formula is C15H17FN2O2S.